The standard InChI is InChI=1S/C18H12N2O/c19-12-16-14(11-10-13-6-2-1-3-7-13)15-8-4-5-9-17(15)21-18(16)20/h1-9,14H,20H2. The molecule has 100 valence electrons. The average molecular weight is 272 g/mol. The van der Waals surface area contributed by atoms with Crippen LogP contribution in [0.4, 0.5) is 0 Å². The number of nitriles is 1. The number of rotatable bonds is 0. The molecule has 2 aromatic carbocycles. The Morgan fingerprint density at radius 2 is 1.71 bits per heavy atom. The molecule has 0 bridgehead atoms. The van der Waals surface area contributed by atoms with Gasteiger partial charge in [-0.05, 0) is 18.2 Å². The lowest BCUT2D eigenvalue weighted by Gasteiger charge is -2.22. The summed E-state index contributed by atoms with van der Waals surface area (Å²) in [6.07, 6.45) is 0. The quantitative estimate of drug-likeness (QED) is 0.750. The summed E-state index contributed by atoms with van der Waals surface area (Å²) in [5.41, 5.74) is 7.96. The van der Waals surface area contributed by atoms with E-state index in [-0.39, 0.29) is 11.8 Å². The number of benzene rings is 2. The predicted molar refractivity (Wildman–Crippen MR) is 80.0 cm³/mol. The maximum Gasteiger partial charge on any atom is 0.206 e. The van der Waals surface area contributed by atoms with Crippen LogP contribution >= 0.6 is 0 Å². The highest BCUT2D eigenvalue weighted by Gasteiger charge is 2.27. The Bertz CT molecular complexity index is 804. The summed E-state index contributed by atoms with van der Waals surface area (Å²) in [5.74, 6) is 6.65. The molecule has 0 radical (unpaired) electrons. The van der Waals surface area contributed by atoms with Gasteiger partial charge in [-0.3, -0.25) is 0 Å². The number of nitrogens with two attached hydrogens (primary N) is 1. The van der Waals surface area contributed by atoms with Gasteiger partial charge in [0.25, 0.3) is 0 Å². The van der Waals surface area contributed by atoms with Gasteiger partial charge in [-0.2, -0.15) is 5.26 Å². The van der Waals surface area contributed by atoms with Crippen molar-refractivity contribution < 1.29 is 4.74 Å². The van der Waals surface area contributed by atoms with E-state index in [1.54, 1.807) is 0 Å². The molecular weight excluding hydrogens is 260 g/mol. The highest BCUT2D eigenvalue weighted by molar-refractivity contribution is 5.55. The van der Waals surface area contributed by atoms with Gasteiger partial charge in [0, 0.05) is 11.1 Å². The third-order valence-electron chi connectivity index (χ3n) is 3.26. The molecule has 3 rings (SSSR count). The molecule has 0 amide bonds. The van der Waals surface area contributed by atoms with E-state index < -0.39 is 0 Å². The van der Waals surface area contributed by atoms with Crippen molar-refractivity contribution in [2.24, 2.45) is 5.73 Å². The van der Waals surface area contributed by atoms with Crippen LogP contribution in [0.2, 0.25) is 0 Å². The largest absolute Gasteiger partial charge is 0.440 e. The Balaban J connectivity index is 2.08. The van der Waals surface area contributed by atoms with E-state index in [0.29, 0.717) is 11.3 Å². The number of ether oxygens (including phenoxy) is 1. The number of para-hydroxylation sites is 1. The monoisotopic (exact) mass is 272 g/mol. The zero-order chi connectivity index (χ0) is 14.7. The van der Waals surface area contributed by atoms with Gasteiger partial charge in [0.05, 0.1) is 5.92 Å². The van der Waals surface area contributed by atoms with Crippen molar-refractivity contribution in [3.63, 3.8) is 0 Å². The van der Waals surface area contributed by atoms with Crippen LogP contribution in [0.15, 0.2) is 66.1 Å². The SMILES string of the molecule is N#CC1=C(N)Oc2ccccc2C1C#Cc1ccccc1. The van der Waals surface area contributed by atoms with Crippen LogP contribution in [-0.2, 0) is 0 Å². The van der Waals surface area contributed by atoms with Gasteiger partial charge in [0.2, 0.25) is 5.88 Å². The highest BCUT2D eigenvalue weighted by Crippen LogP contribution is 2.37. The first-order chi connectivity index (χ1) is 10.3. The van der Waals surface area contributed by atoms with Gasteiger partial charge in [-0.15, -0.1) is 0 Å². The van der Waals surface area contributed by atoms with Gasteiger partial charge in [-0.25, -0.2) is 0 Å². The first kappa shape index (κ1) is 12.8. The molecule has 1 unspecified atom stereocenters. The summed E-state index contributed by atoms with van der Waals surface area (Å²) in [5, 5.41) is 9.32. The zero-order valence-electron chi connectivity index (χ0n) is 11.2. The number of allylic oxidation sites excluding steroid dienone is 1. The summed E-state index contributed by atoms with van der Waals surface area (Å²) in [6.45, 7) is 0. The van der Waals surface area contributed by atoms with Crippen LogP contribution in [-0.4, -0.2) is 0 Å². The van der Waals surface area contributed by atoms with E-state index in [9.17, 15) is 5.26 Å². The molecule has 3 nitrogen and oxygen atoms in total. The van der Waals surface area contributed by atoms with Crippen LogP contribution in [0.1, 0.15) is 17.0 Å². The molecule has 0 fully saturated rings. The van der Waals surface area contributed by atoms with Crippen LogP contribution in [0.5, 0.6) is 5.75 Å². The molecule has 3 heteroatoms. The predicted octanol–water partition coefficient (Wildman–Crippen LogP) is 2.91. The zero-order valence-corrected chi connectivity index (χ0v) is 11.2. The summed E-state index contributed by atoms with van der Waals surface area (Å²) in [6, 6.07) is 19.3. The van der Waals surface area contributed by atoms with Crippen LogP contribution in [0.3, 0.4) is 0 Å². The second-order valence-corrected chi connectivity index (χ2v) is 4.60. The Kier molecular flexibility index (Phi) is 3.33. The number of fused-ring (bicyclic) bond motifs is 1. The van der Waals surface area contributed by atoms with E-state index >= 15 is 0 Å². The molecule has 1 aliphatic heterocycles. The van der Waals surface area contributed by atoms with Gasteiger partial charge in [0.15, 0.2) is 0 Å². The summed E-state index contributed by atoms with van der Waals surface area (Å²) >= 11 is 0. The second kappa shape index (κ2) is 5.45. The van der Waals surface area contributed by atoms with Crippen molar-refractivity contribution in [1.29, 1.82) is 5.26 Å². The van der Waals surface area contributed by atoms with Gasteiger partial charge in [0.1, 0.15) is 17.4 Å². The first-order valence-corrected chi connectivity index (χ1v) is 6.52. The van der Waals surface area contributed by atoms with Gasteiger partial charge >= 0.3 is 0 Å². The summed E-state index contributed by atoms with van der Waals surface area (Å²) < 4.78 is 5.48. The Hall–Kier alpha value is -3.17. The summed E-state index contributed by atoms with van der Waals surface area (Å²) in [7, 11) is 0. The average Bonchev–Trinajstić information content (AvgIpc) is 2.53. The third-order valence-corrected chi connectivity index (χ3v) is 3.26. The fourth-order valence-corrected chi connectivity index (χ4v) is 2.23. The number of hydrogen-bond donors (Lipinski definition) is 1. The van der Waals surface area contributed by atoms with Crippen molar-refractivity contribution in [3.05, 3.63) is 77.2 Å². The van der Waals surface area contributed by atoms with Crippen molar-refractivity contribution >= 4 is 0 Å². The molecular formula is C18H12N2O. The molecule has 1 atom stereocenters. The minimum Gasteiger partial charge on any atom is -0.440 e. The lowest BCUT2D eigenvalue weighted by atomic mass is 9.89. The maximum atomic E-state index is 9.32. The molecule has 21 heavy (non-hydrogen) atoms. The normalized spacial score (nSPS) is 16.0. The van der Waals surface area contributed by atoms with Crippen LogP contribution < -0.4 is 10.5 Å². The molecule has 1 heterocycles. The molecule has 1 aliphatic rings. The Morgan fingerprint density at radius 1 is 1.00 bits per heavy atom. The van der Waals surface area contributed by atoms with Crippen LogP contribution in [0.25, 0.3) is 0 Å². The molecule has 0 aromatic heterocycles. The molecule has 0 aliphatic carbocycles. The fourth-order valence-electron chi connectivity index (χ4n) is 2.23. The molecule has 2 aromatic rings. The van der Waals surface area contributed by atoms with Gasteiger partial charge in [-0.1, -0.05) is 48.2 Å². The number of nitrogens with zero attached hydrogens (tertiary/aromatic N) is 1. The number of hydrogen-bond acceptors (Lipinski definition) is 3. The molecule has 0 saturated heterocycles. The Labute approximate surface area is 123 Å². The maximum absolute atomic E-state index is 9.32. The Morgan fingerprint density at radius 3 is 2.48 bits per heavy atom. The minimum absolute atomic E-state index is 0.128. The van der Waals surface area contributed by atoms with E-state index in [4.69, 9.17) is 10.5 Å². The van der Waals surface area contributed by atoms with E-state index in [0.717, 1.165) is 11.1 Å². The molecule has 0 saturated carbocycles. The van der Waals surface area contributed by atoms with E-state index in [1.807, 2.05) is 54.6 Å². The van der Waals surface area contributed by atoms with Gasteiger partial charge < -0.3 is 10.5 Å². The van der Waals surface area contributed by atoms with E-state index in [2.05, 4.69) is 17.9 Å². The fraction of sp³-hybridized carbons (Fsp3) is 0.0556. The highest BCUT2D eigenvalue weighted by atomic mass is 16.5. The van der Waals surface area contributed by atoms with Crippen molar-refractivity contribution in [2.75, 3.05) is 0 Å². The lowest BCUT2D eigenvalue weighted by Crippen LogP contribution is -2.19. The smallest absolute Gasteiger partial charge is 0.206 e. The lowest BCUT2D eigenvalue weighted by molar-refractivity contribution is 0.395. The summed E-state index contributed by atoms with van der Waals surface area (Å²) in [4.78, 5) is 0. The third kappa shape index (κ3) is 2.45. The van der Waals surface area contributed by atoms with E-state index in [1.165, 1.54) is 0 Å². The first-order valence-electron chi connectivity index (χ1n) is 6.52. The van der Waals surface area contributed by atoms with Crippen molar-refractivity contribution in [3.8, 4) is 23.7 Å². The second-order valence-electron chi connectivity index (χ2n) is 4.60. The van der Waals surface area contributed by atoms with Crippen molar-refractivity contribution in [2.45, 2.75) is 5.92 Å². The topological polar surface area (TPSA) is 59.0 Å². The van der Waals surface area contributed by atoms with Crippen LogP contribution in [0, 0.1) is 23.2 Å². The minimum atomic E-state index is -0.361. The molecule has 2 N–H and O–H groups in total. The van der Waals surface area contributed by atoms with Crippen molar-refractivity contribution in [1.82, 2.24) is 0 Å². The molecule has 0 spiro atoms.